The van der Waals surface area contributed by atoms with Gasteiger partial charge in [0.25, 0.3) is 0 Å². The summed E-state index contributed by atoms with van der Waals surface area (Å²) in [4.78, 5) is 9.45. The number of carbonyl (C=O) groups is 1. The number of hydroxylamine groups is 1. The van der Waals surface area contributed by atoms with E-state index in [0.717, 1.165) is 0 Å². The minimum absolute atomic E-state index is 0.440. The molecule has 15 heavy (non-hydrogen) atoms. The zero-order valence-electron chi connectivity index (χ0n) is 9.06. The summed E-state index contributed by atoms with van der Waals surface area (Å²) in [5.41, 5.74) is 1.39. The van der Waals surface area contributed by atoms with Crippen LogP contribution in [0.15, 0.2) is 6.08 Å². The Hall–Kier alpha value is 0.183. The van der Waals surface area contributed by atoms with Crippen LogP contribution in [0.5, 0.6) is 0 Å². The van der Waals surface area contributed by atoms with Gasteiger partial charge < -0.3 is 0 Å². The van der Waals surface area contributed by atoms with Crippen LogP contribution in [-0.4, -0.2) is 20.2 Å². The van der Waals surface area contributed by atoms with Crippen molar-refractivity contribution in [3.8, 4) is 0 Å². The fourth-order valence-corrected chi connectivity index (χ4v) is 0.768. The third-order valence-corrected chi connectivity index (χ3v) is 1.88. The Morgan fingerprint density at radius 3 is 2.20 bits per heavy atom. The standard InChI is InChI=1S/C5H9.C3H3.C2H5NO2.V.W/c1-3-5-4-2;1-3-2;1-2(4)3-5;;/h3-5H2,1H3;1-3H;5H,1H3,(H,3,4);;/q2*-1;;;. The average molecular weight is 418 g/mol. The molecular formula is C10H17NO2VW-2. The van der Waals surface area contributed by atoms with Crippen LogP contribution >= 0.6 is 0 Å². The van der Waals surface area contributed by atoms with Crippen LogP contribution in [0, 0.1) is 6.58 Å². The van der Waals surface area contributed by atoms with Gasteiger partial charge in [0.15, 0.2) is 0 Å². The molecule has 0 fully saturated rings. The summed E-state index contributed by atoms with van der Waals surface area (Å²) in [6.07, 6.45) is 5.30. The van der Waals surface area contributed by atoms with Gasteiger partial charge in [0.05, 0.1) is 0 Å². The van der Waals surface area contributed by atoms with Crippen molar-refractivity contribution in [2.45, 2.75) is 33.1 Å². The molecule has 0 unspecified atom stereocenters. The molecule has 0 saturated carbocycles. The van der Waals surface area contributed by atoms with E-state index in [9.17, 15) is 4.79 Å². The van der Waals surface area contributed by atoms with E-state index < -0.39 is 5.91 Å². The van der Waals surface area contributed by atoms with Crippen molar-refractivity contribution in [2.24, 2.45) is 0 Å². The Morgan fingerprint density at radius 1 is 1.73 bits per heavy atom. The summed E-state index contributed by atoms with van der Waals surface area (Å²) >= 11 is 3.72. The number of allylic oxidation sites excluding steroid dienone is 1. The summed E-state index contributed by atoms with van der Waals surface area (Å²) in [5, 5.41) is 7.54. The van der Waals surface area contributed by atoms with Gasteiger partial charge in [0.2, 0.25) is 5.91 Å². The first-order valence-electron chi connectivity index (χ1n) is 4.37. The van der Waals surface area contributed by atoms with Gasteiger partial charge in [-0.2, -0.15) is 0 Å². The number of hydrogen-bond donors (Lipinski definition) is 2. The molecule has 0 aliphatic rings. The number of nitrogens with one attached hydrogen (secondary N) is 1. The second-order valence-corrected chi connectivity index (χ2v) is 3.76. The molecule has 0 radical (unpaired) electrons. The molecule has 87 valence electrons. The zero-order valence-corrected chi connectivity index (χ0v) is 13.4. The number of rotatable bonds is 4. The third-order valence-electron chi connectivity index (χ3n) is 0.876. The molecule has 1 amide bonds. The molecule has 3 nitrogen and oxygen atoms in total. The van der Waals surface area contributed by atoms with E-state index in [1.807, 2.05) is 0 Å². The summed E-state index contributed by atoms with van der Waals surface area (Å²) in [6.45, 7) is 8.25. The van der Waals surface area contributed by atoms with E-state index in [-0.39, 0.29) is 0 Å². The quantitative estimate of drug-likeness (QED) is 0.313. The van der Waals surface area contributed by atoms with E-state index in [2.05, 4.69) is 28.3 Å². The molecule has 0 aromatic rings. The maximum absolute atomic E-state index is 9.45. The van der Waals surface area contributed by atoms with E-state index >= 15 is 0 Å². The number of carbonyl (C=O) groups excluding carboxylic acids is 1. The molecular weight excluding hydrogens is 401 g/mol. The van der Waals surface area contributed by atoms with Crippen LogP contribution < -0.4 is 5.48 Å². The first-order valence-corrected chi connectivity index (χ1v) is 6.64. The predicted octanol–water partition coefficient (Wildman–Crippen LogP) is 1.24. The molecule has 0 heterocycles. The molecule has 5 heteroatoms. The van der Waals surface area contributed by atoms with Gasteiger partial charge in [0.1, 0.15) is 0 Å². The van der Waals surface area contributed by atoms with Gasteiger partial charge in [-0.3, -0.25) is 10.0 Å². The monoisotopic (exact) mass is 418 g/mol. The number of unbranched alkanes of at least 4 members (excludes halogenated alkanes) is 2. The summed E-state index contributed by atoms with van der Waals surface area (Å²) < 4.78 is 4.87. The van der Waals surface area contributed by atoms with Crippen LogP contribution in [0.1, 0.15) is 33.1 Å². The Labute approximate surface area is 112 Å². The molecule has 0 aliphatic heterocycles. The van der Waals surface area contributed by atoms with Gasteiger partial charge in [-0.05, 0) is 0 Å². The van der Waals surface area contributed by atoms with Crippen molar-refractivity contribution in [3.63, 3.8) is 0 Å². The van der Waals surface area contributed by atoms with Crippen LogP contribution in [-0.2, 0) is 41.1 Å². The first-order chi connectivity index (χ1) is 7.10. The fourth-order valence-electron chi connectivity index (χ4n) is 0.249. The van der Waals surface area contributed by atoms with Crippen LogP contribution in [0.3, 0.4) is 0 Å². The van der Waals surface area contributed by atoms with Gasteiger partial charge in [-0.15, -0.1) is 0 Å². The van der Waals surface area contributed by atoms with Crippen molar-refractivity contribution in [1.29, 1.82) is 0 Å². The van der Waals surface area contributed by atoms with Gasteiger partial charge in [-0.1, -0.05) is 0 Å². The van der Waals surface area contributed by atoms with Crippen LogP contribution in [0.2, 0.25) is 0 Å². The van der Waals surface area contributed by atoms with Crippen LogP contribution in [0.4, 0.5) is 0 Å². The first kappa shape index (κ1) is 20.6. The molecule has 0 rings (SSSR count). The van der Waals surface area contributed by atoms with E-state index in [4.69, 9.17) is 11.8 Å². The Bertz CT molecular complexity index is 169. The number of hydrogen-bond acceptors (Lipinski definition) is 2. The molecule has 2 N–H and O–H groups in total. The third kappa shape index (κ3) is 55.1. The van der Waals surface area contributed by atoms with Crippen molar-refractivity contribution in [2.75, 3.05) is 0 Å². The Morgan fingerprint density at radius 2 is 2.13 bits per heavy atom. The molecule has 0 saturated heterocycles. The fraction of sp³-hybridized carbons (Fsp3) is 0.500. The summed E-state index contributed by atoms with van der Waals surface area (Å²) in [7, 11) is 0. The minimum atomic E-state index is -0.440. The normalized spacial score (nSPS) is 6.80. The number of amides is 1. The van der Waals surface area contributed by atoms with E-state index in [0.29, 0.717) is 0 Å². The second-order valence-electron chi connectivity index (χ2n) is 2.26. The topological polar surface area (TPSA) is 49.3 Å². The van der Waals surface area contributed by atoms with E-state index in [1.165, 1.54) is 57.1 Å². The zero-order chi connectivity index (χ0) is 12.5. The van der Waals surface area contributed by atoms with Crippen molar-refractivity contribution >= 4 is 15.0 Å². The molecule has 0 atom stereocenters. The van der Waals surface area contributed by atoms with Crippen LogP contribution in [0.25, 0.3) is 0 Å². The molecule has 0 bridgehead atoms. The van der Waals surface area contributed by atoms with Crippen molar-refractivity contribution < 1.29 is 46.3 Å². The predicted molar refractivity (Wildman–Crippen MR) is 55.1 cm³/mol. The van der Waals surface area contributed by atoms with Crippen molar-refractivity contribution in [3.05, 3.63) is 12.7 Å². The van der Waals surface area contributed by atoms with Gasteiger partial charge in [-0.25, -0.2) is 5.48 Å². The molecule has 0 aromatic heterocycles. The SMILES string of the molecule is CC(=O)NO.CCCC[C-]=[W].[CH-]=C[CH]=[V]. The average Bonchev–Trinajstić information content (AvgIpc) is 2.27. The van der Waals surface area contributed by atoms with E-state index in [1.54, 1.807) is 4.73 Å². The summed E-state index contributed by atoms with van der Waals surface area (Å²) in [6, 6.07) is 0. The maximum atomic E-state index is 9.45. The van der Waals surface area contributed by atoms with Gasteiger partial charge in [0, 0.05) is 6.92 Å². The van der Waals surface area contributed by atoms with Crippen molar-refractivity contribution in [1.82, 2.24) is 5.48 Å². The Balaban J connectivity index is -0.000000147. The summed E-state index contributed by atoms with van der Waals surface area (Å²) in [5.74, 6) is -0.440. The molecule has 0 aromatic carbocycles. The Kier molecular flexibility index (Phi) is 32.6. The molecule has 0 spiro atoms. The second kappa shape index (κ2) is 23.8. The van der Waals surface area contributed by atoms with Gasteiger partial charge >= 0.3 is 84.3 Å². The molecule has 0 aliphatic carbocycles.